The molecular weight excluding hydrogens is 301 g/mol. The van der Waals surface area contributed by atoms with Gasteiger partial charge in [-0.3, -0.25) is 4.79 Å². The van der Waals surface area contributed by atoms with Crippen molar-refractivity contribution in [3.8, 4) is 0 Å². The minimum Gasteiger partial charge on any atom is -0.368 e. The van der Waals surface area contributed by atoms with E-state index < -0.39 is 0 Å². The van der Waals surface area contributed by atoms with Gasteiger partial charge in [0.2, 0.25) is 5.91 Å². The molecule has 20 heavy (non-hydrogen) atoms. The van der Waals surface area contributed by atoms with Gasteiger partial charge in [0.05, 0.1) is 10.0 Å². The molecule has 1 aromatic rings. The topological polar surface area (TPSA) is 92.1 Å². The second-order valence-electron chi connectivity index (χ2n) is 5.27. The summed E-state index contributed by atoms with van der Waals surface area (Å²) in [6.45, 7) is 6.18. The zero-order chi connectivity index (χ0) is 15.3. The van der Waals surface area contributed by atoms with Crippen LogP contribution in [0.5, 0.6) is 0 Å². The first-order chi connectivity index (χ1) is 9.23. The van der Waals surface area contributed by atoms with Gasteiger partial charge in [-0.1, -0.05) is 23.2 Å². The number of hydrazine groups is 1. The molecule has 6 nitrogen and oxygen atoms in total. The monoisotopic (exact) mass is 319 g/mol. The molecule has 0 bridgehead atoms. The number of carbonyl (C=O) groups excluding carboxylic acids is 1. The molecule has 0 atom stereocenters. The maximum atomic E-state index is 11.7. The van der Waals surface area contributed by atoms with Crippen LogP contribution in [0.15, 0.2) is 6.07 Å². The van der Waals surface area contributed by atoms with E-state index in [9.17, 15) is 4.79 Å². The highest BCUT2D eigenvalue weighted by Crippen LogP contribution is 2.28. The fourth-order valence-corrected chi connectivity index (χ4v) is 1.95. The summed E-state index contributed by atoms with van der Waals surface area (Å²) in [6.07, 6.45) is 0.309. The number of carbonyl (C=O) groups is 1. The lowest BCUT2D eigenvalue weighted by Gasteiger charge is -2.20. The van der Waals surface area contributed by atoms with Gasteiger partial charge in [0.1, 0.15) is 5.82 Å². The molecule has 0 aromatic carbocycles. The molecule has 0 saturated heterocycles. The molecular formula is C12H19Cl2N5O. The van der Waals surface area contributed by atoms with Crippen LogP contribution >= 0.6 is 23.2 Å². The molecule has 1 amide bonds. The highest BCUT2D eigenvalue weighted by molar-refractivity contribution is 6.37. The molecule has 0 fully saturated rings. The van der Waals surface area contributed by atoms with Crippen LogP contribution in [0, 0.1) is 0 Å². The van der Waals surface area contributed by atoms with Crippen molar-refractivity contribution in [2.45, 2.75) is 32.7 Å². The molecule has 0 aliphatic heterocycles. The van der Waals surface area contributed by atoms with Gasteiger partial charge in [-0.2, -0.15) is 0 Å². The molecule has 0 aliphatic carbocycles. The second-order valence-corrected chi connectivity index (χ2v) is 6.08. The molecule has 8 heteroatoms. The highest BCUT2D eigenvalue weighted by atomic mass is 35.5. The summed E-state index contributed by atoms with van der Waals surface area (Å²) in [5, 5.41) is 6.53. The van der Waals surface area contributed by atoms with Crippen molar-refractivity contribution in [1.29, 1.82) is 0 Å². The lowest BCUT2D eigenvalue weighted by atomic mass is 10.1. The van der Waals surface area contributed by atoms with Crippen molar-refractivity contribution in [2.75, 3.05) is 17.3 Å². The van der Waals surface area contributed by atoms with Crippen LogP contribution in [0.4, 0.5) is 11.6 Å². The summed E-state index contributed by atoms with van der Waals surface area (Å²) in [4.78, 5) is 15.8. The molecule has 1 heterocycles. The van der Waals surface area contributed by atoms with E-state index in [4.69, 9.17) is 29.0 Å². The minimum absolute atomic E-state index is 0.0488. The fourth-order valence-electron chi connectivity index (χ4n) is 1.47. The predicted molar refractivity (Wildman–Crippen MR) is 83.1 cm³/mol. The van der Waals surface area contributed by atoms with Gasteiger partial charge in [-0.15, -0.1) is 0 Å². The van der Waals surface area contributed by atoms with Crippen molar-refractivity contribution < 1.29 is 4.79 Å². The zero-order valence-corrected chi connectivity index (χ0v) is 13.2. The van der Waals surface area contributed by atoms with Crippen molar-refractivity contribution in [1.82, 2.24) is 10.3 Å². The molecule has 0 unspecified atom stereocenters. The highest BCUT2D eigenvalue weighted by Gasteiger charge is 2.14. The lowest BCUT2D eigenvalue weighted by Crippen LogP contribution is -2.41. The quantitative estimate of drug-likeness (QED) is 0.494. The molecule has 0 spiro atoms. The van der Waals surface area contributed by atoms with Crippen molar-refractivity contribution >= 4 is 40.7 Å². The number of halogens is 2. The van der Waals surface area contributed by atoms with Gasteiger partial charge in [-0.05, 0) is 26.8 Å². The molecule has 0 aliphatic rings. The fraction of sp³-hybridized carbons (Fsp3) is 0.500. The maximum absolute atomic E-state index is 11.7. The van der Waals surface area contributed by atoms with Crippen LogP contribution in [0.1, 0.15) is 27.2 Å². The maximum Gasteiger partial charge on any atom is 0.222 e. The molecule has 1 rings (SSSR count). The molecule has 1 aromatic heterocycles. The van der Waals surface area contributed by atoms with E-state index in [0.717, 1.165) is 0 Å². The van der Waals surface area contributed by atoms with Gasteiger partial charge in [0.15, 0.2) is 5.82 Å². The van der Waals surface area contributed by atoms with E-state index in [1.807, 2.05) is 20.8 Å². The number of rotatable bonds is 5. The summed E-state index contributed by atoms with van der Waals surface area (Å²) in [5.41, 5.74) is 2.13. The van der Waals surface area contributed by atoms with E-state index in [1.54, 1.807) is 0 Å². The van der Waals surface area contributed by atoms with Gasteiger partial charge >= 0.3 is 0 Å². The summed E-state index contributed by atoms with van der Waals surface area (Å²) in [7, 11) is 0. The largest absolute Gasteiger partial charge is 0.368 e. The van der Waals surface area contributed by atoms with Crippen molar-refractivity contribution in [2.24, 2.45) is 5.84 Å². The number of hydrogen-bond donors (Lipinski definition) is 4. The summed E-state index contributed by atoms with van der Waals surface area (Å²) in [5.74, 6) is 5.98. The number of anilines is 2. The molecule has 0 saturated carbocycles. The summed E-state index contributed by atoms with van der Waals surface area (Å²) >= 11 is 11.9. The van der Waals surface area contributed by atoms with Crippen LogP contribution < -0.4 is 21.9 Å². The smallest absolute Gasteiger partial charge is 0.222 e. The van der Waals surface area contributed by atoms with Crippen molar-refractivity contribution in [3.05, 3.63) is 16.1 Å². The van der Waals surface area contributed by atoms with Gasteiger partial charge in [-0.25, -0.2) is 10.8 Å². The van der Waals surface area contributed by atoms with Crippen LogP contribution in [-0.2, 0) is 4.79 Å². The predicted octanol–water partition coefficient (Wildman–Crippen LogP) is 2.39. The average Bonchev–Trinajstić information content (AvgIpc) is 2.29. The third-order valence-corrected chi connectivity index (χ3v) is 2.80. The van der Waals surface area contributed by atoms with Crippen LogP contribution in [0.3, 0.4) is 0 Å². The van der Waals surface area contributed by atoms with E-state index >= 15 is 0 Å². The van der Waals surface area contributed by atoms with E-state index in [2.05, 4.69) is 21.0 Å². The zero-order valence-electron chi connectivity index (χ0n) is 11.7. The summed E-state index contributed by atoms with van der Waals surface area (Å²) < 4.78 is 0. The Balaban J connectivity index is 2.56. The van der Waals surface area contributed by atoms with E-state index in [-0.39, 0.29) is 11.4 Å². The van der Waals surface area contributed by atoms with Gasteiger partial charge in [0.25, 0.3) is 0 Å². The Labute approximate surface area is 128 Å². The molecule has 112 valence electrons. The normalized spacial score (nSPS) is 11.1. The average molecular weight is 320 g/mol. The number of aromatic nitrogens is 1. The Morgan fingerprint density at radius 1 is 1.30 bits per heavy atom. The number of nitrogens with one attached hydrogen (secondary N) is 3. The third kappa shape index (κ3) is 5.40. The van der Waals surface area contributed by atoms with Crippen molar-refractivity contribution in [3.63, 3.8) is 0 Å². The molecule has 0 radical (unpaired) electrons. The summed E-state index contributed by atoms with van der Waals surface area (Å²) in [6, 6.07) is 1.53. The Kier molecular flexibility index (Phi) is 5.86. The first kappa shape index (κ1) is 16.8. The number of pyridine rings is 1. The number of amides is 1. The Morgan fingerprint density at radius 3 is 2.45 bits per heavy atom. The second kappa shape index (κ2) is 6.97. The Hall–Kier alpha value is -1.24. The number of hydrogen-bond acceptors (Lipinski definition) is 5. The first-order valence-corrected chi connectivity index (χ1v) is 6.86. The number of nitrogens with two attached hydrogens (primary N) is 1. The number of nitrogen functional groups attached to an aromatic ring is 1. The lowest BCUT2D eigenvalue weighted by molar-refractivity contribution is -0.122. The molecule has 5 N–H and O–H groups in total. The standard InChI is InChI=1S/C12H19Cl2N5O/c1-12(2,3)18-9(20)4-5-16-10-7(13)6-8(14)11(17-10)19-15/h6H,4-5,15H2,1-3H3,(H,18,20)(H2,16,17,19). The van der Waals surface area contributed by atoms with E-state index in [1.165, 1.54) is 6.07 Å². The SMILES string of the molecule is CC(C)(C)NC(=O)CCNc1nc(NN)c(Cl)cc1Cl. The van der Waals surface area contributed by atoms with Gasteiger partial charge < -0.3 is 16.1 Å². The third-order valence-electron chi connectivity index (χ3n) is 2.23. The minimum atomic E-state index is -0.246. The van der Waals surface area contributed by atoms with Crippen LogP contribution in [-0.4, -0.2) is 23.0 Å². The van der Waals surface area contributed by atoms with E-state index in [0.29, 0.717) is 34.6 Å². The number of nitrogens with zero attached hydrogens (tertiary/aromatic N) is 1. The van der Waals surface area contributed by atoms with Crippen LogP contribution in [0.2, 0.25) is 10.0 Å². The first-order valence-electron chi connectivity index (χ1n) is 6.10. The Morgan fingerprint density at radius 2 is 1.90 bits per heavy atom. The van der Waals surface area contributed by atoms with Gasteiger partial charge in [0, 0.05) is 18.5 Å². The van der Waals surface area contributed by atoms with Crippen LogP contribution in [0.25, 0.3) is 0 Å². The Bertz CT molecular complexity index is 487.